The Morgan fingerprint density at radius 1 is 1.36 bits per heavy atom. The van der Waals surface area contributed by atoms with Crippen LogP contribution in [-0.2, 0) is 6.54 Å². The molecule has 1 aromatic rings. The number of nitrogens with one attached hydrogen (secondary N) is 1. The summed E-state index contributed by atoms with van der Waals surface area (Å²) in [5.41, 5.74) is 2.29. The highest BCUT2D eigenvalue weighted by atomic mass is 16.3. The molecule has 0 saturated heterocycles. The molecule has 0 aromatic heterocycles. The van der Waals surface area contributed by atoms with E-state index in [0.29, 0.717) is 0 Å². The maximum atomic E-state index is 8.91. The Hall–Kier alpha value is -1.12. The van der Waals surface area contributed by atoms with Gasteiger partial charge in [0.2, 0.25) is 0 Å². The summed E-state index contributed by atoms with van der Waals surface area (Å²) in [5.74, 6) is 0. The van der Waals surface area contributed by atoms with Crippen LogP contribution in [-0.4, -0.2) is 18.3 Å². The molecular weight excluding hydrogens is 174 g/mol. The molecule has 0 heterocycles. The third-order valence-corrected chi connectivity index (χ3v) is 2.14. The van der Waals surface area contributed by atoms with Crippen LogP contribution in [0.5, 0.6) is 0 Å². The summed E-state index contributed by atoms with van der Waals surface area (Å²) in [4.78, 5) is 0. The summed E-state index contributed by atoms with van der Waals surface area (Å²) >= 11 is 0. The third-order valence-electron chi connectivity index (χ3n) is 2.14. The molecular formula is C12H17NO. The van der Waals surface area contributed by atoms with E-state index in [0.717, 1.165) is 18.7 Å². The lowest BCUT2D eigenvalue weighted by Gasteiger charge is -2.06. The van der Waals surface area contributed by atoms with Gasteiger partial charge in [-0.25, -0.2) is 0 Å². The molecule has 0 aliphatic rings. The van der Waals surface area contributed by atoms with E-state index in [1.54, 1.807) is 0 Å². The van der Waals surface area contributed by atoms with E-state index in [9.17, 15) is 0 Å². The molecule has 0 saturated carbocycles. The topological polar surface area (TPSA) is 32.3 Å². The maximum Gasteiger partial charge on any atom is 0.0654 e. The van der Waals surface area contributed by atoms with Crippen LogP contribution in [0.25, 0.3) is 0 Å². The van der Waals surface area contributed by atoms with Crippen LogP contribution in [0.4, 0.5) is 0 Å². The van der Waals surface area contributed by atoms with Gasteiger partial charge in [-0.1, -0.05) is 36.4 Å². The number of hydrogen-bond acceptors (Lipinski definition) is 2. The Labute approximate surface area is 85.3 Å². The van der Waals surface area contributed by atoms with Crippen LogP contribution in [0.1, 0.15) is 12.5 Å². The van der Waals surface area contributed by atoms with E-state index in [1.807, 2.05) is 31.2 Å². The summed E-state index contributed by atoms with van der Waals surface area (Å²) < 4.78 is 0. The largest absolute Gasteiger partial charge is 0.392 e. The number of hydrogen-bond donors (Lipinski definition) is 2. The summed E-state index contributed by atoms with van der Waals surface area (Å²) in [5, 5.41) is 12.2. The minimum atomic E-state index is 0.137. The lowest BCUT2D eigenvalue weighted by molar-refractivity contribution is 0.326. The van der Waals surface area contributed by atoms with Crippen LogP contribution in [0.3, 0.4) is 0 Å². The van der Waals surface area contributed by atoms with Crippen LogP contribution >= 0.6 is 0 Å². The van der Waals surface area contributed by atoms with Crippen molar-refractivity contribution < 1.29 is 5.11 Å². The first-order chi connectivity index (χ1) is 6.86. The molecule has 0 bridgehead atoms. The number of benzene rings is 1. The molecule has 2 N–H and O–H groups in total. The zero-order valence-corrected chi connectivity index (χ0v) is 8.53. The van der Waals surface area contributed by atoms with Crippen molar-refractivity contribution in [1.82, 2.24) is 5.32 Å². The molecule has 0 aliphatic heterocycles. The Kier molecular flexibility index (Phi) is 4.97. The molecule has 2 nitrogen and oxygen atoms in total. The molecule has 1 aromatic carbocycles. The number of allylic oxidation sites excluding steroid dienone is 1. The number of aliphatic hydroxyl groups excluding tert-OH is 1. The van der Waals surface area contributed by atoms with Gasteiger partial charge in [0, 0.05) is 13.1 Å². The first-order valence-electron chi connectivity index (χ1n) is 4.86. The number of rotatable bonds is 5. The molecule has 0 atom stereocenters. The molecule has 76 valence electrons. The van der Waals surface area contributed by atoms with Crippen molar-refractivity contribution in [2.45, 2.75) is 13.5 Å². The Morgan fingerprint density at radius 2 is 2.07 bits per heavy atom. The Bertz CT molecular complexity index is 280. The third kappa shape index (κ3) is 3.73. The summed E-state index contributed by atoms with van der Waals surface area (Å²) in [7, 11) is 0. The standard InChI is InChI=1S/C12H17NO/c1-2-11(10-14)8-13-9-12-6-4-3-5-7-12/h2-7,13-14H,8-10H2,1H3/b11-2-. The first-order valence-corrected chi connectivity index (χ1v) is 4.86. The van der Waals surface area contributed by atoms with Gasteiger partial charge in [0.05, 0.1) is 6.61 Å². The van der Waals surface area contributed by atoms with Crippen molar-refractivity contribution in [3.8, 4) is 0 Å². The van der Waals surface area contributed by atoms with E-state index in [-0.39, 0.29) is 6.61 Å². The predicted octanol–water partition coefficient (Wildman–Crippen LogP) is 1.71. The minimum absolute atomic E-state index is 0.137. The molecule has 0 radical (unpaired) electrons. The van der Waals surface area contributed by atoms with Crippen LogP contribution < -0.4 is 5.32 Å². The van der Waals surface area contributed by atoms with Gasteiger partial charge < -0.3 is 10.4 Å². The fraction of sp³-hybridized carbons (Fsp3) is 0.333. The van der Waals surface area contributed by atoms with Crippen LogP contribution in [0.15, 0.2) is 42.0 Å². The van der Waals surface area contributed by atoms with Gasteiger partial charge >= 0.3 is 0 Å². The Morgan fingerprint density at radius 3 is 2.64 bits per heavy atom. The van der Waals surface area contributed by atoms with Crippen molar-refractivity contribution >= 4 is 0 Å². The van der Waals surface area contributed by atoms with Gasteiger partial charge in [-0.15, -0.1) is 0 Å². The van der Waals surface area contributed by atoms with Gasteiger partial charge in [-0.2, -0.15) is 0 Å². The molecule has 14 heavy (non-hydrogen) atoms. The quantitative estimate of drug-likeness (QED) is 0.694. The smallest absolute Gasteiger partial charge is 0.0654 e. The highest BCUT2D eigenvalue weighted by Crippen LogP contribution is 1.98. The van der Waals surface area contributed by atoms with Gasteiger partial charge in [0.15, 0.2) is 0 Å². The van der Waals surface area contributed by atoms with E-state index in [2.05, 4.69) is 17.4 Å². The van der Waals surface area contributed by atoms with Crippen molar-refractivity contribution in [1.29, 1.82) is 0 Å². The fourth-order valence-corrected chi connectivity index (χ4v) is 1.21. The maximum absolute atomic E-state index is 8.91. The molecule has 1 rings (SSSR count). The lowest BCUT2D eigenvalue weighted by Crippen LogP contribution is -2.17. The molecule has 0 unspecified atom stereocenters. The summed E-state index contributed by atoms with van der Waals surface area (Å²) in [6, 6.07) is 10.2. The SMILES string of the molecule is C/C=C(\CO)CNCc1ccccc1. The van der Waals surface area contributed by atoms with Gasteiger partial charge in [-0.05, 0) is 18.1 Å². The normalized spacial score (nSPS) is 11.7. The number of aliphatic hydroxyl groups is 1. The fourth-order valence-electron chi connectivity index (χ4n) is 1.21. The molecule has 2 heteroatoms. The van der Waals surface area contributed by atoms with E-state index in [4.69, 9.17) is 5.11 Å². The molecule has 0 spiro atoms. The molecule has 0 fully saturated rings. The van der Waals surface area contributed by atoms with Gasteiger partial charge in [0.1, 0.15) is 0 Å². The van der Waals surface area contributed by atoms with Crippen LogP contribution in [0, 0.1) is 0 Å². The lowest BCUT2D eigenvalue weighted by atomic mass is 10.2. The first kappa shape index (κ1) is 11.0. The molecule has 0 aliphatic carbocycles. The van der Waals surface area contributed by atoms with Gasteiger partial charge in [0.25, 0.3) is 0 Å². The second kappa shape index (κ2) is 6.35. The zero-order valence-electron chi connectivity index (χ0n) is 8.53. The monoisotopic (exact) mass is 191 g/mol. The minimum Gasteiger partial charge on any atom is -0.392 e. The predicted molar refractivity (Wildman–Crippen MR) is 59.0 cm³/mol. The Balaban J connectivity index is 2.29. The van der Waals surface area contributed by atoms with Crippen molar-refractivity contribution in [2.24, 2.45) is 0 Å². The average Bonchev–Trinajstić information content (AvgIpc) is 2.26. The summed E-state index contributed by atoms with van der Waals surface area (Å²) in [6.07, 6.45) is 1.94. The average molecular weight is 191 g/mol. The van der Waals surface area contributed by atoms with Crippen molar-refractivity contribution in [3.63, 3.8) is 0 Å². The summed E-state index contributed by atoms with van der Waals surface area (Å²) in [6.45, 7) is 3.67. The highest BCUT2D eigenvalue weighted by molar-refractivity contribution is 5.14. The van der Waals surface area contributed by atoms with Gasteiger partial charge in [-0.3, -0.25) is 0 Å². The van der Waals surface area contributed by atoms with Crippen LogP contribution in [0.2, 0.25) is 0 Å². The van der Waals surface area contributed by atoms with Crippen molar-refractivity contribution in [2.75, 3.05) is 13.2 Å². The zero-order chi connectivity index (χ0) is 10.2. The second-order valence-electron chi connectivity index (χ2n) is 3.19. The second-order valence-corrected chi connectivity index (χ2v) is 3.19. The molecule has 0 amide bonds. The van der Waals surface area contributed by atoms with E-state index >= 15 is 0 Å². The van der Waals surface area contributed by atoms with E-state index in [1.165, 1.54) is 5.56 Å². The van der Waals surface area contributed by atoms with E-state index < -0.39 is 0 Å². The highest BCUT2D eigenvalue weighted by Gasteiger charge is 1.94. The van der Waals surface area contributed by atoms with Crippen molar-refractivity contribution in [3.05, 3.63) is 47.5 Å².